The second-order valence-corrected chi connectivity index (χ2v) is 24.9. The number of phosphoric ester groups is 1. The molecular weight excluding hydrogens is 1340 g/mol. The van der Waals surface area contributed by atoms with Gasteiger partial charge in [0.1, 0.15) is 46.2 Å². The molecule has 2 atom stereocenters. The number of unbranched alkanes of at least 4 members (excludes halogenated alkanes) is 28. The van der Waals surface area contributed by atoms with E-state index in [0.29, 0.717) is 19.4 Å². The average molecular weight is 1470 g/mol. The third-order valence-corrected chi connectivity index (χ3v) is 15.1. The molecule has 0 aromatic rings. The molecule has 0 aliphatic heterocycles. The number of carboxylic acid groups (broad SMARTS) is 1. The van der Waals surface area contributed by atoms with Crippen LogP contribution < -0.4 is 21.3 Å². The number of carboxylic acids is 1. The number of ether oxygens (including phenoxy) is 8. The van der Waals surface area contributed by atoms with Crippen LogP contribution in [-0.2, 0) is 89.9 Å². The van der Waals surface area contributed by atoms with Gasteiger partial charge in [0.25, 0.3) is 0 Å². The zero-order chi connectivity index (χ0) is 75.0. The number of esters is 2. The first-order chi connectivity index (χ1) is 49.0. The van der Waals surface area contributed by atoms with Crippen LogP contribution in [0.4, 0.5) is 0 Å². The molecule has 35 heteroatoms. The van der Waals surface area contributed by atoms with E-state index < -0.39 is 56.9 Å². The minimum absolute atomic E-state index is 0.0497. The van der Waals surface area contributed by atoms with Crippen LogP contribution in [0.3, 0.4) is 0 Å². The summed E-state index contributed by atoms with van der Waals surface area (Å²) >= 11 is 0. The molecule has 0 bridgehead atoms. The van der Waals surface area contributed by atoms with Crippen molar-refractivity contribution in [1.82, 2.24) is 21.3 Å². The number of hydrogen-bond donors (Lipinski definition) is 6. The molecule has 101 heavy (non-hydrogen) atoms. The number of phosphoric acid groups is 1. The molecule has 584 valence electrons. The molecule has 0 radical (unpaired) electrons. The molecule has 0 fully saturated rings. The van der Waals surface area contributed by atoms with Gasteiger partial charge < -0.3 is 69.2 Å². The Balaban J connectivity index is -0.00000228. The van der Waals surface area contributed by atoms with Crippen molar-refractivity contribution in [3.8, 4) is 0 Å². The lowest BCUT2D eigenvalue weighted by molar-refractivity contribution is -0.161. The average Bonchev–Trinajstić information content (AvgIpc) is 0.990. The lowest BCUT2D eigenvalue weighted by Crippen LogP contribution is -2.33. The fraction of sp³-hybridized carbons (Fsp3) is 0.879. The summed E-state index contributed by atoms with van der Waals surface area (Å²) in [7, 11) is -4.64. The van der Waals surface area contributed by atoms with Gasteiger partial charge in [0.2, 0.25) is 23.6 Å². The van der Waals surface area contributed by atoms with Gasteiger partial charge in [0.05, 0.1) is 52.9 Å². The first kappa shape index (κ1) is 98.9. The molecule has 0 spiro atoms. The number of Topliss-reactive ketones (excluding diaryl/α,β-unsaturated/α-hetero) is 1. The topological polar surface area (TPSA) is 481 Å². The van der Waals surface area contributed by atoms with Crippen molar-refractivity contribution in [2.45, 2.75) is 232 Å². The smallest absolute Gasteiger partial charge is 0.472 e. The largest absolute Gasteiger partial charge is 0.480 e. The fourth-order valence-corrected chi connectivity index (χ4v) is 9.69. The molecule has 6 N–H and O–H groups in total. The van der Waals surface area contributed by atoms with Crippen molar-refractivity contribution >= 4 is 55.1 Å². The van der Waals surface area contributed by atoms with Gasteiger partial charge in [0.15, 0.2) is 11.9 Å². The minimum Gasteiger partial charge on any atom is -0.480 e. The molecule has 0 aliphatic rings. The predicted molar refractivity (Wildman–Crippen MR) is 379 cm³/mol. The maximum Gasteiger partial charge on any atom is 0.472 e. The normalized spacial score (nSPS) is 11.5. The number of hydrogen-bond acceptors (Lipinski definition) is 22. The van der Waals surface area contributed by atoms with E-state index in [1.165, 1.54) is 148 Å². The highest BCUT2D eigenvalue weighted by molar-refractivity contribution is 7.47. The van der Waals surface area contributed by atoms with Crippen LogP contribution in [0.15, 0.2) is 15.3 Å². The van der Waals surface area contributed by atoms with Gasteiger partial charge in [-0.1, -0.05) is 209 Å². The molecule has 4 amide bonds. The zero-order valence-corrected chi connectivity index (χ0v) is 61.8. The number of rotatable bonds is 72. The first-order valence-electron chi connectivity index (χ1n) is 36.2. The Bertz CT molecular complexity index is 2230. The molecule has 0 rings (SSSR count). The monoisotopic (exact) mass is 1470 g/mol. The Hall–Kier alpha value is -6.24. The Morgan fingerprint density at radius 3 is 1.02 bits per heavy atom. The van der Waals surface area contributed by atoms with E-state index in [9.17, 15) is 47.8 Å². The van der Waals surface area contributed by atoms with Crippen LogP contribution in [0, 0.1) is 0 Å². The minimum atomic E-state index is -4.64. The number of azide groups is 3. The number of nitrogens with zero attached hydrogens (tertiary/aromatic N) is 9. The molecule has 0 saturated carbocycles. The summed E-state index contributed by atoms with van der Waals surface area (Å²) < 4.78 is 63.4. The van der Waals surface area contributed by atoms with E-state index in [4.69, 9.17) is 68.6 Å². The third-order valence-electron chi connectivity index (χ3n) is 14.2. The number of amides is 4. The van der Waals surface area contributed by atoms with Crippen LogP contribution in [0.1, 0.15) is 226 Å². The predicted octanol–water partition coefficient (Wildman–Crippen LogP) is 11.2. The van der Waals surface area contributed by atoms with Crippen LogP contribution in [0.25, 0.3) is 31.3 Å². The lowest BCUT2D eigenvalue weighted by atomic mass is 10.0. The quantitative estimate of drug-likeness (QED) is 0.00822. The summed E-state index contributed by atoms with van der Waals surface area (Å²) in [5.41, 5.74) is 24.1. The summed E-state index contributed by atoms with van der Waals surface area (Å²) in [5.74, 6) is -3.59. The summed E-state index contributed by atoms with van der Waals surface area (Å²) in [4.78, 5) is 110. The fourth-order valence-electron chi connectivity index (χ4n) is 8.94. The van der Waals surface area contributed by atoms with Crippen LogP contribution in [0.5, 0.6) is 0 Å². The summed E-state index contributed by atoms with van der Waals surface area (Å²) in [6, 6.07) is 0. The lowest BCUT2D eigenvalue weighted by Gasteiger charge is -2.20. The molecule has 0 saturated heterocycles. The van der Waals surface area contributed by atoms with Gasteiger partial charge in [0, 0.05) is 73.4 Å². The Morgan fingerprint density at radius 2 is 0.693 bits per heavy atom. The summed E-state index contributed by atoms with van der Waals surface area (Å²) in [6.45, 7) is 5.57. The van der Waals surface area contributed by atoms with E-state index in [1.54, 1.807) is 0 Å². The van der Waals surface area contributed by atoms with Gasteiger partial charge in [-0.25, -0.2) is 9.36 Å². The van der Waals surface area contributed by atoms with Crippen LogP contribution in [0.2, 0.25) is 0 Å². The molecular formula is C66H124N13O21P. The van der Waals surface area contributed by atoms with Gasteiger partial charge in [-0.15, -0.1) is 0 Å². The Labute approximate surface area is 598 Å². The molecule has 0 aliphatic carbocycles. The number of carbonyl (C=O) groups is 8. The standard InChI is InChI=1S/C49H94N5O12P.C9H16N4O4.C8H14N4O5/c1-3-5-7-9-11-13-15-17-19-21-23-25-27-29-31-33-48(57)63-41-45(66-49(58)34-32-30-28-26-24-22-20-18-16-14-12-10-8-6-4-2)42-65-67(59,60)64-40-36-52-47(56)43-61-38-35-51-46(55)44-62-39-37-53-54-50;1-8(14)6-16-4-2-11-9(15)7-17-5-3-12-13-10;9-12-11-2-4-16-5-7(13)10-1-3-17-6-8(14)15/h45H,3-44H2,1-2H3,(H,51,55)(H,52,56)(H,59,60);2-7H2,1H3,(H,11,15);1-6H2,(H,10,13)(H,14,15). The van der Waals surface area contributed by atoms with E-state index in [2.05, 4.69) is 65.2 Å². The molecule has 34 nitrogen and oxygen atoms in total. The van der Waals surface area contributed by atoms with E-state index in [0.717, 1.165) is 38.5 Å². The Kier molecular flexibility index (Phi) is 77.8. The van der Waals surface area contributed by atoms with Crippen molar-refractivity contribution in [2.24, 2.45) is 15.3 Å². The second-order valence-electron chi connectivity index (χ2n) is 23.5. The first-order valence-corrected chi connectivity index (χ1v) is 37.7. The number of aliphatic carboxylic acids is 1. The second kappa shape index (κ2) is 79.5. The summed E-state index contributed by atoms with van der Waals surface area (Å²) in [5, 5.41) is 28.0. The SMILES string of the molecule is CC(=O)COCCNC(=O)COCCN=[N+]=[N-].CCCCCCCCCCCCCCCCCC(=O)OCC(COP(=O)(O)OCCNC(=O)COCCNC(=O)COCCN=[N+]=[N-])OC(=O)CCCCCCCCCCCCCCCCC.[N-]=[N+]=NCCOCC(=O)NCCOCC(=O)O. The van der Waals surface area contributed by atoms with Gasteiger partial charge in [-0.2, -0.15) is 0 Å². The molecule has 0 heterocycles. The number of ketones is 1. The maximum atomic E-state index is 12.8. The van der Waals surface area contributed by atoms with E-state index >= 15 is 0 Å². The molecule has 0 aromatic heterocycles. The highest BCUT2D eigenvalue weighted by atomic mass is 31.2. The van der Waals surface area contributed by atoms with Gasteiger partial charge in [-0.05, 0) is 36.4 Å². The van der Waals surface area contributed by atoms with Crippen molar-refractivity contribution in [3.05, 3.63) is 31.3 Å². The van der Waals surface area contributed by atoms with E-state index in [-0.39, 0.29) is 156 Å². The van der Waals surface area contributed by atoms with Crippen molar-refractivity contribution in [2.75, 3.05) is 145 Å². The van der Waals surface area contributed by atoms with Gasteiger partial charge in [-0.3, -0.25) is 42.6 Å². The highest BCUT2D eigenvalue weighted by Gasteiger charge is 2.26. The van der Waals surface area contributed by atoms with Crippen LogP contribution >= 0.6 is 7.82 Å². The van der Waals surface area contributed by atoms with Crippen LogP contribution in [-0.4, -0.2) is 208 Å². The maximum absolute atomic E-state index is 12.8. The number of nitrogens with one attached hydrogen (secondary N) is 4. The van der Waals surface area contributed by atoms with E-state index in [1.807, 2.05) is 0 Å². The van der Waals surface area contributed by atoms with Crippen molar-refractivity contribution < 1.29 is 99.9 Å². The highest BCUT2D eigenvalue weighted by Crippen LogP contribution is 2.43. The molecule has 0 aromatic carbocycles. The number of carbonyl (C=O) groups excluding carboxylic acids is 7. The zero-order valence-electron chi connectivity index (χ0n) is 60.9. The molecule has 2 unspecified atom stereocenters. The third kappa shape index (κ3) is 86.1. The van der Waals surface area contributed by atoms with Gasteiger partial charge >= 0.3 is 25.7 Å². The summed E-state index contributed by atoms with van der Waals surface area (Å²) in [6.07, 6.45) is 35.7. The van der Waals surface area contributed by atoms with Crippen molar-refractivity contribution in [1.29, 1.82) is 0 Å². The Morgan fingerprint density at radius 1 is 0.396 bits per heavy atom. The van der Waals surface area contributed by atoms with Crippen molar-refractivity contribution in [3.63, 3.8) is 0 Å².